The topological polar surface area (TPSA) is 69.0 Å². The van der Waals surface area contributed by atoms with Crippen molar-refractivity contribution < 1.29 is 13.9 Å². The molecule has 0 saturated heterocycles. The fraction of sp³-hybridized carbons (Fsp3) is 0.312. The molecule has 6 nitrogen and oxygen atoms in total. The van der Waals surface area contributed by atoms with E-state index in [2.05, 4.69) is 15.4 Å². The standard InChI is InChI=1S/C16H17FN4O2S/c1-4-11-12(14(22)23-2)13(9-7-5-6-8-10(9)17)21-15(18-11)19-16(20-21)24-3/h5-8,13H,4H2,1-3H3,(H,18,19,20)/t13-/m0/s1. The van der Waals surface area contributed by atoms with Crippen molar-refractivity contribution in [1.29, 1.82) is 0 Å². The molecule has 1 aromatic carbocycles. The molecule has 0 saturated carbocycles. The van der Waals surface area contributed by atoms with Crippen LogP contribution in [-0.4, -0.2) is 34.1 Å². The third kappa shape index (κ3) is 2.66. The van der Waals surface area contributed by atoms with Gasteiger partial charge in [0, 0.05) is 11.3 Å². The number of nitrogens with zero attached hydrogens (tertiary/aromatic N) is 3. The molecule has 1 aliphatic heterocycles. The van der Waals surface area contributed by atoms with Crippen molar-refractivity contribution >= 4 is 23.7 Å². The number of carbonyl (C=O) groups excluding carboxylic acids is 1. The molecule has 1 aliphatic rings. The van der Waals surface area contributed by atoms with E-state index in [0.29, 0.717) is 34.4 Å². The summed E-state index contributed by atoms with van der Waals surface area (Å²) < 4.78 is 20.9. The van der Waals surface area contributed by atoms with Gasteiger partial charge in [0.25, 0.3) is 0 Å². The van der Waals surface area contributed by atoms with Crippen LogP contribution in [0.2, 0.25) is 0 Å². The van der Waals surface area contributed by atoms with Crippen LogP contribution < -0.4 is 5.32 Å². The highest BCUT2D eigenvalue weighted by molar-refractivity contribution is 7.98. The number of benzene rings is 1. The van der Waals surface area contributed by atoms with E-state index in [1.807, 2.05) is 13.2 Å². The van der Waals surface area contributed by atoms with E-state index < -0.39 is 17.8 Å². The number of rotatable bonds is 4. The van der Waals surface area contributed by atoms with Crippen molar-refractivity contribution in [1.82, 2.24) is 14.8 Å². The van der Waals surface area contributed by atoms with E-state index in [9.17, 15) is 9.18 Å². The molecule has 1 atom stereocenters. The molecule has 0 spiro atoms. The summed E-state index contributed by atoms with van der Waals surface area (Å²) >= 11 is 1.38. The molecular weight excluding hydrogens is 331 g/mol. The molecular formula is C16H17FN4O2S. The van der Waals surface area contributed by atoms with E-state index >= 15 is 0 Å². The van der Waals surface area contributed by atoms with Crippen molar-refractivity contribution in [2.24, 2.45) is 0 Å². The average Bonchev–Trinajstić information content (AvgIpc) is 3.03. The molecule has 1 aromatic heterocycles. The van der Waals surface area contributed by atoms with Crippen LogP contribution in [0.1, 0.15) is 24.9 Å². The number of ether oxygens (including phenoxy) is 1. The van der Waals surface area contributed by atoms with Crippen LogP contribution in [0.4, 0.5) is 10.3 Å². The molecule has 0 aliphatic carbocycles. The summed E-state index contributed by atoms with van der Waals surface area (Å²) in [6.45, 7) is 1.91. The molecule has 0 unspecified atom stereocenters. The number of halogens is 1. The second kappa shape index (κ2) is 6.64. The van der Waals surface area contributed by atoms with Gasteiger partial charge in [0.1, 0.15) is 11.9 Å². The summed E-state index contributed by atoms with van der Waals surface area (Å²) in [6.07, 6.45) is 2.41. The molecule has 0 bridgehead atoms. The molecule has 0 radical (unpaired) electrons. The lowest BCUT2D eigenvalue weighted by Crippen LogP contribution is -2.30. The number of methoxy groups -OCH3 is 1. The summed E-state index contributed by atoms with van der Waals surface area (Å²) in [5.41, 5.74) is 1.35. The van der Waals surface area contributed by atoms with E-state index in [-0.39, 0.29) is 0 Å². The van der Waals surface area contributed by atoms with Crippen LogP contribution in [-0.2, 0) is 9.53 Å². The Bertz CT molecular complexity index is 818. The Morgan fingerprint density at radius 1 is 1.46 bits per heavy atom. The Hall–Kier alpha value is -2.35. The monoisotopic (exact) mass is 348 g/mol. The normalized spacial score (nSPS) is 16.6. The van der Waals surface area contributed by atoms with E-state index in [4.69, 9.17) is 4.74 Å². The lowest BCUT2D eigenvalue weighted by Gasteiger charge is -2.28. The van der Waals surface area contributed by atoms with E-state index in [1.54, 1.807) is 18.2 Å². The molecule has 8 heteroatoms. The second-order valence-corrected chi connectivity index (χ2v) is 5.93. The maximum Gasteiger partial charge on any atom is 0.338 e. The predicted octanol–water partition coefficient (Wildman–Crippen LogP) is 2.99. The van der Waals surface area contributed by atoms with Crippen molar-refractivity contribution in [3.63, 3.8) is 0 Å². The zero-order chi connectivity index (χ0) is 17.3. The largest absolute Gasteiger partial charge is 0.466 e. The van der Waals surface area contributed by atoms with Gasteiger partial charge in [-0.2, -0.15) is 4.98 Å². The van der Waals surface area contributed by atoms with Crippen LogP contribution in [0, 0.1) is 5.82 Å². The van der Waals surface area contributed by atoms with E-state index in [0.717, 1.165) is 0 Å². The number of thioether (sulfide) groups is 1. The Morgan fingerprint density at radius 2 is 2.21 bits per heavy atom. The van der Waals surface area contributed by atoms with Gasteiger partial charge < -0.3 is 10.1 Å². The predicted molar refractivity (Wildman–Crippen MR) is 89.3 cm³/mol. The fourth-order valence-corrected chi connectivity index (χ4v) is 3.10. The van der Waals surface area contributed by atoms with Crippen LogP contribution >= 0.6 is 11.8 Å². The quantitative estimate of drug-likeness (QED) is 0.677. The highest BCUT2D eigenvalue weighted by atomic mass is 32.2. The SMILES string of the molecule is CCC1=C(C(=O)OC)[C@H](c2ccccc2F)n2nc(SC)nc2N1. The molecule has 3 rings (SSSR count). The zero-order valence-electron chi connectivity index (χ0n) is 13.5. The third-order valence-electron chi connectivity index (χ3n) is 3.86. The van der Waals surface area contributed by atoms with Crippen molar-refractivity contribution in [3.8, 4) is 0 Å². The summed E-state index contributed by atoms with van der Waals surface area (Å²) in [5.74, 6) is -0.440. The van der Waals surface area contributed by atoms with Crippen LogP contribution in [0.15, 0.2) is 40.7 Å². The summed E-state index contributed by atoms with van der Waals surface area (Å²) in [6, 6.07) is 5.62. The van der Waals surface area contributed by atoms with Gasteiger partial charge in [0.05, 0.1) is 12.7 Å². The number of fused-ring (bicyclic) bond motifs is 1. The number of esters is 1. The van der Waals surface area contributed by atoms with Crippen molar-refractivity contribution in [2.45, 2.75) is 24.5 Å². The van der Waals surface area contributed by atoms with Gasteiger partial charge in [0.15, 0.2) is 0 Å². The Balaban J connectivity index is 2.26. The van der Waals surface area contributed by atoms with Crippen LogP contribution in [0.25, 0.3) is 0 Å². The Morgan fingerprint density at radius 3 is 2.83 bits per heavy atom. The zero-order valence-corrected chi connectivity index (χ0v) is 14.4. The van der Waals surface area contributed by atoms with Gasteiger partial charge in [-0.25, -0.2) is 13.9 Å². The average molecular weight is 348 g/mol. The number of allylic oxidation sites excluding steroid dienone is 1. The molecule has 0 amide bonds. The summed E-state index contributed by atoms with van der Waals surface area (Å²) in [7, 11) is 1.31. The maximum atomic E-state index is 14.5. The van der Waals surface area contributed by atoms with E-state index in [1.165, 1.54) is 29.6 Å². The number of anilines is 1. The van der Waals surface area contributed by atoms with Gasteiger partial charge in [-0.05, 0) is 18.7 Å². The summed E-state index contributed by atoms with van der Waals surface area (Å²) in [4.78, 5) is 16.8. The first kappa shape index (κ1) is 16.5. The lowest BCUT2D eigenvalue weighted by atomic mass is 9.94. The summed E-state index contributed by atoms with van der Waals surface area (Å²) in [5, 5.41) is 8.06. The number of hydrogen-bond acceptors (Lipinski definition) is 6. The molecule has 0 fully saturated rings. The van der Waals surface area contributed by atoms with Gasteiger partial charge in [0.2, 0.25) is 11.1 Å². The van der Waals surface area contributed by atoms with Crippen LogP contribution in [0.3, 0.4) is 0 Å². The molecule has 1 N–H and O–H groups in total. The smallest absolute Gasteiger partial charge is 0.338 e. The number of carbonyl (C=O) groups is 1. The van der Waals surface area contributed by atoms with Crippen molar-refractivity contribution in [2.75, 3.05) is 18.7 Å². The van der Waals surface area contributed by atoms with Crippen LogP contribution in [0.5, 0.6) is 0 Å². The lowest BCUT2D eigenvalue weighted by molar-refractivity contribution is -0.136. The highest BCUT2D eigenvalue weighted by Gasteiger charge is 2.36. The first-order valence-electron chi connectivity index (χ1n) is 7.44. The second-order valence-electron chi connectivity index (χ2n) is 5.15. The van der Waals surface area contributed by atoms with Gasteiger partial charge in [-0.3, -0.25) is 0 Å². The number of hydrogen-bond donors (Lipinski definition) is 1. The molecule has 24 heavy (non-hydrogen) atoms. The molecule has 2 heterocycles. The van der Waals surface area contributed by atoms with Gasteiger partial charge in [-0.1, -0.05) is 36.9 Å². The Kier molecular flexibility index (Phi) is 4.57. The first-order valence-corrected chi connectivity index (χ1v) is 8.66. The Labute approximate surface area is 143 Å². The highest BCUT2D eigenvalue weighted by Crippen LogP contribution is 2.38. The molecule has 2 aromatic rings. The number of aromatic nitrogens is 3. The van der Waals surface area contributed by atoms with Crippen molar-refractivity contribution in [3.05, 3.63) is 46.9 Å². The minimum absolute atomic E-state index is 0.343. The fourth-order valence-electron chi connectivity index (χ4n) is 2.75. The molecule has 126 valence electrons. The van der Waals surface area contributed by atoms with Gasteiger partial charge in [-0.15, -0.1) is 5.10 Å². The van der Waals surface area contributed by atoms with Gasteiger partial charge >= 0.3 is 5.97 Å². The maximum absolute atomic E-state index is 14.5. The number of nitrogens with one attached hydrogen (secondary N) is 1. The first-order chi connectivity index (χ1) is 11.6. The third-order valence-corrected chi connectivity index (χ3v) is 4.40. The minimum Gasteiger partial charge on any atom is -0.466 e. The minimum atomic E-state index is -0.724.